The van der Waals surface area contributed by atoms with Crippen molar-refractivity contribution in [1.29, 1.82) is 0 Å². The van der Waals surface area contributed by atoms with E-state index in [1.165, 1.54) is 35.7 Å². The fourth-order valence-electron chi connectivity index (χ4n) is 4.08. The van der Waals surface area contributed by atoms with Crippen LogP contribution >= 0.6 is 0 Å². The van der Waals surface area contributed by atoms with Crippen LogP contribution in [0.3, 0.4) is 0 Å². The third-order valence-corrected chi connectivity index (χ3v) is 5.64. The molecule has 2 aromatic rings. The molecule has 0 radical (unpaired) electrons. The predicted molar refractivity (Wildman–Crippen MR) is 107 cm³/mol. The summed E-state index contributed by atoms with van der Waals surface area (Å²) in [7, 11) is 0. The highest BCUT2D eigenvalue weighted by Gasteiger charge is 2.26. The van der Waals surface area contributed by atoms with Crippen molar-refractivity contribution in [3.8, 4) is 0 Å². The van der Waals surface area contributed by atoms with Crippen molar-refractivity contribution in [2.75, 3.05) is 11.6 Å². The molecule has 0 N–H and O–H groups in total. The summed E-state index contributed by atoms with van der Waals surface area (Å²) in [4.78, 5) is 2.66. The van der Waals surface area contributed by atoms with Crippen LogP contribution in [0.1, 0.15) is 38.7 Å². The highest BCUT2D eigenvalue weighted by Crippen LogP contribution is 2.26. The van der Waals surface area contributed by atoms with Gasteiger partial charge in [-0.1, -0.05) is 30.3 Å². The van der Waals surface area contributed by atoms with Crippen molar-refractivity contribution in [1.82, 2.24) is 4.90 Å². The number of hydrazone groups is 1. The molecule has 2 aliphatic rings. The standard InChI is InChI=1S/C22H27N3/c1-17-5-6-18(2)24(17)14-11-19-7-8-21-16-22(10-9-20(21)15-19)25-13-4-3-12-23-25/h4,7-10,12-13,15-18H,3,5-6,11,14H2,1-2H3/t17-,18-/m1/s1. The molecule has 0 saturated carbocycles. The van der Waals surface area contributed by atoms with Gasteiger partial charge in [-0.15, -0.1) is 0 Å². The molecule has 2 atom stereocenters. The van der Waals surface area contributed by atoms with E-state index in [0.717, 1.165) is 30.6 Å². The minimum Gasteiger partial charge on any atom is -0.298 e. The van der Waals surface area contributed by atoms with Gasteiger partial charge in [0.2, 0.25) is 0 Å². The lowest BCUT2D eigenvalue weighted by Crippen LogP contribution is -2.34. The van der Waals surface area contributed by atoms with Crippen LogP contribution in [-0.4, -0.2) is 29.7 Å². The number of hydrogen-bond donors (Lipinski definition) is 0. The van der Waals surface area contributed by atoms with Gasteiger partial charge in [0, 0.05) is 37.5 Å². The van der Waals surface area contributed by atoms with E-state index >= 15 is 0 Å². The van der Waals surface area contributed by atoms with Gasteiger partial charge in [0.05, 0.1) is 5.69 Å². The molecule has 2 aromatic carbocycles. The Labute approximate surface area is 150 Å². The number of hydrogen-bond acceptors (Lipinski definition) is 3. The first kappa shape index (κ1) is 16.3. The number of allylic oxidation sites excluding steroid dienone is 1. The molecule has 3 nitrogen and oxygen atoms in total. The van der Waals surface area contributed by atoms with Crippen LogP contribution in [0.25, 0.3) is 10.8 Å². The number of nitrogens with zero attached hydrogens (tertiary/aromatic N) is 3. The molecule has 2 heterocycles. The minimum atomic E-state index is 0.733. The Morgan fingerprint density at radius 1 is 1.00 bits per heavy atom. The Bertz CT molecular complexity index is 786. The summed E-state index contributed by atoms with van der Waals surface area (Å²) in [6, 6.07) is 14.9. The number of rotatable bonds is 4. The molecule has 2 aliphatic heterocycles. The highest BCUT2D eigenvalue weighted by molar-refractivity contribution is 5.87. The topological polar surface area (TPSA) is 18.8 Å². The molecule has 0 aliphatic carbocycles. The summed E-state index contributed by atoms with van der Waals surface area (Å²) in [5.41, 5.74) is 2.55. The molecular weight excluding hydrogens is 306 g/mol. The lowest BCUT2D eigenvalue weighted by Gasteiger charge is -2.25. The summed E-state index contributed by atoms with van der Waals surface area (Å²) in [6.45, 7) is 5.89. The van der Waals surface area contributed by atoms with Crippen LogP contribution in [0.15, 0.2) is 53.8 Å². The Hall–Kier alpha value is -2.13. The van der Waals surface area contributed by atoms with E-state index in [1.807, 2.05) is 17.4 Å². The van der Waals surface area contributed by atoms with Gasteiger partial charge in [0.25, 0.3) is 0 Å². The summed E-state index contributed by atoms with van der Waals surface area (Å²) in [5, 5.41) is 8.96. The Kier molecular flexibility index (Phi) is 4.58. The highest BCUT2D eigenvalue weighted by atomic mass is 15.4. The molecule has 0 bridgehead atoms. The van der Waals surface area contributed by atoms with E-state index in [-0.39, 0.29) is 0 Å². The normalized spacial score (nSPS) is 23.7. The van der Waals surface area contributed by atoms with Crippen LogP contribution in [0, 0.1) is 0 Å². The Balaban J connectivity index is 1.49. The second kappa shape index (κ2) is 7.01. The first-order valence-electron chi connectivity index (χ1n) is 9.47. The van der Waals surface area contributed by atoms with Crippen molar-refractivity contribution in [3.05, 3.63) is 54.2 Å². The monoisotopic (exact) mass is 333 g/mol. The molecule has 0 spiro atoms. The molecule has 25 heavy (non-hydrogen) atoms. The third kappa shape index (κ3) is 3.47. The zero-order valence-electron chi connectivity index (χ0n) is 15.2. The van der Waals surface area contributed by atoms with Gasteiger partial charge in [-0.3, -0.25) is 4.90 Å². The summed E-state index contributed by atoms with van der Waals surface area (Å²) < 4.78 is 0. The molecular formula is C22H27N3. The summed E-state index contributed by atoms with van der Waals surface area (Å²) >= 11 is 0. The van der Waals surface area contributed by atoms with Gasteiger partial charge < -0.3 is 0 Å². The van der Waals surface area contributed by atoms with Crippen molar-refractivity contribution in [3.63, 3.8) is 0 Å². The SMILES string of the molecule is C[C@@H]1CC[C@@H](C)N1CCc1ccc2cc(N3C=CCC=N3)ccc2c1. The minimum absolute atomic E-state index is 0.733. The van der Waals surface area contributed by atoms with Crippen LogP contribution in [0.2, 0.25) is 0 Å². The Morgan fingerprint density at radius 3 is 2.52 bits per heavy atom. The van der Waals surface area contributed by atoms with Gasteiger partial charge in [0.15, 0.2) is 0 Å². The van der Waals surface area contributed by atoms with E-state index in [2.05, 4.69) is 66.3 Å². The molecule has 4 rings (SSSR count). The van der Waals surface area contributed by atoms with Crippen molar-refractivity contribution in [2.45, 2.75) is 51.6 Å². The lowest BCUT2D eigenvalue weighted by molar-refractivity contribution is 0.217. The zero-order chi connectivity index (χ0) is 17.2. The molecule has 1 saturated heterocycles. The molecule has 130 valence electrons. The number of fused-ring (bicyclic) bond motifs is 1. The fraction of sp³-hybridized carbons (Fsp3) is 0.409. The van der Waals surface area contributed by atoms with E-state index < -0.39 is 0 Å². The van der Waals surface area contributed by atoms with Gasteiger partial charge >= 0.3 is 0 Å². The first-order valence-corrected chi connectivity index (χ1v) is 9.47. The second-order valence-corrected chi connectivity index (χ2v) is 7.39. The average Bonchev–Trinajstić information content (AvgIpc) is 2.98. The summed E-state index contributed by atoms with van der Waals surface area (Å²) in [5.74, 6) is 0. The number of anilines is 1. The zero-order valence-corrected chi connectivity index (χ0v) is 15.2. The summed E-state index contributed by atoms with van der Waals surface area (Å²) in [6.07, 6.45) is 10.8. The second-order valence-electron chi connectivity index (χ2n) is 7.39. The molecule has 1 fully saturated rings. The van der Waals surface area contributed by atoms with Crippen molar-refractivity contribution < 1.29 is 0 Å². The first-order chi connectivity index (χ1) is 12.2. The molecule has 0 amide bonds. The van der Waals surface area contributed by atoms with E-state index in [9.17, 15) is 0 Å². The van der Waals surface area contributed by atoms with Gasteiger partial charge in [-0.05, 0) is 61.6 Å². The van der Waals surface area contributed by atoms with E-state index in [0.29, 0.717) is 0 Å². The maximum Gasteiger partial charge on any atom is 0.0651 e. The largest absolute Gasteiger partial charge is 0.298 e. The third-order valence-electron chi connectivity index (χ3n) is 5.64. The number of benzene rings is 2. The fourth-order valence-corrected chi connectivity index (χ4v) is 4.08. The quantitative estimate of drug-likeness (QED) is 0.787. The van der Waals surface area contributed by atoms with Crippen LogP contribution < -0.4 is 5.01 Å². The average molecular weight is 333 g/mol. The van der Waals surface area contributed by atoms with Crippen LogP contribution in [0.4, 0.5) is 5.69 Å². The number of likely N-dealkylation sites (tertiary alicyclic amines) is 1. The van der Waals surface area contributed by atoms with Gasteiger partial charge in [-0.2, -0.15) is 5.10 Å². The predicted octanol–water partition coefficient (Wildman–Crippen LogP) is 4.96. The lowest BCUT2D eigenvalue weighted by atomic mass is 10.0. The van der Waals surface area contributed by atoms with E-state index in [4.69, 9.17) is 0 Å². The van der Waals surface area contributed by atoms with Gasteiger partial charge in [0.1, 0.15) is 0 Å². The maximum absolute atomic E-state index is 4.43. The molecule has 0 aromatic heterocycles. The van der Waals surface area contributed by atoms with Crippen LogP contribution in [0.5, 0.6) is 0 Å². The maximum atomic E-state index is 4.43. The van der Waals surface area contributed by atoms with Crippen LogP contribution in [-0.2, 0) is 6.42 Å². The van der Waals surface area contributed by atoms with Crippen molar-refractivity contribution >= 4 is 22.7 Å². The van der Waals surface area contributed by atoms with E-state index in [1.54, 1.807) is 0 Å². The van der Waals surface area contributed by atoms with Gasteiger partial charge in [-0.25, -0.2) is 5.01 Å². The van der Waals surface area contributed by atoms with Crippen molar-refractivity contribution in [2.24, 2.45) is 5.10 Å². The smallest absolute Gasteiger partial charge is 0.0651 e. The molecule has 3 heteroatoms. The Morgan fingerprint density at radius 2 is 1.76 bits per heavy atom. The molecule has 0 unspecified atom stereocenters.